The normalized spacial score (nSPS) is 22.6. The van der Waals surface area contributed by atoms with Crippen molar-refractivity contribution in [1.29, 1.82) is 0 Å². The van der Waals surface area contributed by atoms with Crippen molar-refractivity contribution in [2.75, 3.05) is 12.0 Å². The molecule has 2 heterocycles. The molecule has 6 nitrogen and oxygen atoms in total. The molecule has 0 aromatic heterocycles. The molecule has 10 heteroatoms. The third kappa shape index (κ3) is 3.51. The van der Waals surface area contributed by atoms with Crippen LogP contribution in [0, 0.1) is 23.5 Å². The molecule has 36 heavy (non-hydrogen) atoms. The second-order valence-corrected chi connectivity index (χ2v) is 9.37. The molecule has 3 atom stereocenters. The molecular weight excluding hydrogens is 513 g/mol. The van der Waals surface area contributed by atoms with Crippen molar-refractivity contribution in [3.05, 3.63) is 99.5 Å². The number of hydrogen-bond acceptors (Lipinski definition) is 5. The number of nitrogens with one attached hydrogen (secondary N) is 1. The van der Waals surface area contributed by atoms with Crippen LogP contribution in [0.15, 0.2) is 66.7 Å². The van der Waals surface area contributed by atoms with Crippen LogP contribution in [0.5, 0.6) is 0 Å². The Morgan fingerprint density at radius 3 is 1.86 bits per heavy atom. The maximum atomic E-state index is 14.1. The summed E-state index contributed by atoms with van der Waals surface area (Å²) in [5.41, 5.74) is -0.726. The lowest BCUT2D eigenvalue weighted by Gasteiger charge is -2.36. The van der Waals surface area contributed by atoms with Crippen molar-refractivity contribution >= 4 is 46.7 Å². The maximum Gasteiger partial charge on any atom is 0.323 e. The molecule has 184 valence electrons. The van der Waals surface area contributed by atoms with Crippen LogP contribution in [0.25, 0.3) is 0 Å². The minimum absolute atomic E-state index is 0.000890. The zero-order valence-electron chi connectivity index (χ0n) is 18.7. The monoisotopic (exact) mass is 530 g/mol. The predicted octanol–water partition coefficient (Wildman–Crippen LogP) is 4.47. The summed E-state index contributed by atoms with van der Waals surface area (Å²) in [6.45, 7) is 0. The Bertz CT molecular complexity index is 1320. The van der Waals surface area contributed by atoms with Crippen LogP contribution in [0.1, 0.15) is 11.1 Å². The number of benzene rings is 3. The molecule has 2 amide bonds. The Hall–Kier alpha value is -3.33. The van der Waals surface area contributed by atoms with E-state index in [1.54, 1.807) is 6.07 Å². The zero-order valence-corrected chi connectivity index (χ0v) is 20.2. The minimum Gasteiger partial charge on any atom is -0.468 e. The number of imide groups is 1. The van der Waals surface area contributed by atoms with E-state index in [0.29, 0.717) is 11.1 Å². The van der Waals surface area contributed by atoms with Gasteiger partial charge in [-0.25, -0.2) is 13.7 Å². The number of halogens is 4. The largest absolute Gasteiger partial charge is 0.468 e. The smallest absolute Gasteiger partial charge is 0.323 e. The fourth-order valence-electron chi connectivity index (χ4n) is 5.28. The summed E-state index contributed by atoms with van der Waals surface area (Å²) in [7, 11) is 1.17. The average molecular weight is 531 g/mol. The van der Waals surface area contributed by atoms with Crippen LogP contribution in [-0.4, -0.2) is 30.9 Å². The van der Waals surface area contributed by atoms with Gasteiger partial charge in [0.25, 0.3) is 0 Å². The molecule has 3 aromatic carbocycles. The SMILES string of the molecule is COC(=O)[C@@H]1NC(c2ccc(F)cc2)(c2ccc(F)cc2)[C@@H]2C(=O)N(c3c(Cl)cccc3Cl)C(=O)[C@H]21. The summed E-state index contributed by atoms with van der Waals surface area (Å²) in [5.74, 6) is -5.61. The van der Waals surface area contributed by atoms with Gasteiger partial charge in [-0.3, -0.25) is 19.7 Å². The third-order valence-corrected chi connectivity index (χ3v) is 7.39. The highest BCUT2D eigenvalue weighted by atomic mass is 35.5. The summed E-state index contributed by atoms with van der Waals surface area (Å²) in [6.07, 6.45) is 0. The van der Waals surface area contributed by atoms with E-state index >= 15 is 0 Å². The number of amides is 2. The Kier molecular flexibility index (Phi) is 6.06. The minimum atomic E-state index is -1.51. The Morgan fingerprint density at radius 2 is 1.39 bits per heavy atom. The molecule has 0 spiro atoms. The van der Waals surface area contributed by atoms with Crippen LogP contribution in [-0.2, 0) is 24.7 Å². The summed E-state index contributed by atoms with van der Waals surface area (Å²) < 4.78 is 32.7. The summed E-state index contributed by atoms with van der Waals surface area (Å²) in [5, 5.41) is 3.28. The van der Waals surface area contributed by atoms with Crippen molar-refractivity contribution in [2.24, 2.45) is 11.8 Å². The molecule has 0 unspecified atom stereocenters. The Balaban J connectivity index is 1.79. The van der Waals surface area contributed by atoms with Gasteiger partial charge in [0.15, 0.2) is 0 Å². The number of carbonyl (C=O) groups is 3. The molecule has 0 aliphatic carbocycles. The van der Waals surface area contributed by atoms with E-state index in [4.69, 9.17) is 27.9 Å². The van der Waals surface area contributed by atoms with E-state index in [-0.39, 0.29) is 15.7 Å². The summed E-state index contributed by atoms with van der Waals surface area (Å²) in [6, 6.07) is 13.9. The molecule has 2 fully saturated rings. The molecule has 0 radical (unpaired) electrons. The van der Waals surface area contributed by atoms with E-state index in [0.717, 1.165) is 4.90 Å². The van der Waals surface area contributed by atoms with Gasteiger partial charge >= 0.3 is 5.97 Å². The number of hydrogen-bond donors (Lipinski definition) is 1. The fraction of sp³-hybridized carbons (Fsp3) is 0.192. The molecule has 1 N–H and O–H groups in total. The number of para-hydroxylation sites is 1. The van der Waals surface area contributed by atoms with E-state index in [9.17, 15) is 23.2 Å². The maximum absolute atomic E-state index is 14.1. The van der Waals surface area contributed by atoms with Crippen molar-refractivity contribution < 1.29 is 27.9 Å². The highest BCUT2D eigenvalue weighted by molar-refractivity contribution is 6.42. The molecule has 5 rings (SSSR count). The quantitative estimate of drug-likeness (QED) is 0.398. The first-order valence-corrected chi connectivity index (χ1v) is 11.7. The van der Waals surface area contributed by atoms with E-state index in [1.807, 2.05) is 0 Å². The number of ether oxygens (including phenoxy) is 1. The van der Waals surface area contributed by atoms with Crippen LogP contribution in [0.2, 0.25) is 10.0 Å². The predicted molar refractivity (Wildman–Crippen MR) is 128 cm³/mol. The number of nitrogens with zero attached hydrogens (tertiary/aromatic N) is 1. The Morgan fingerprint density at radius 1 is 0.889 bits per heavy atom. The number of methoxy groups -OCH3 is 1. The van der Waals surface area contributed by atoms with Crippen LogP contribution in [0.3, 0.4) is 0 Å². The van der Waals surface area contributed by atoms with Gasteiger partial charge < -0.3 is 4.74 Å². The molecule has 2 saturated heterocycles. The van der Waals surface area contributed by atoms with Crippen molar-refractivity contribution in [1.82, 2.24) is 5.32 Å². The average Bonchev–Trinajstić information content (AvgIpc) is 3.35. The molecule has 0 bridgehead atoms. The fourth-order valence-corrected chi connectivity index (χ4v) is 5.85. The van der Waals surface area contributed by atoms with Gasteiger partial charge in [-0.15, -0.1) is 0 Å². The Labute approximate surface area is 214 Å². The zero-order chi connectivity index (χ0) is 25.8. The van der Waals surface area contributed by atoms with Gasteiger partial charge in [-0.05, 0) is 47.5 Å². The van der Waals surface area contributed by atoms with Gasteiger partial charge in [0.1, 0.15) is 17.7 Å². The van der Waals surface area contributed by atoms with Gasteiger partial charge in [0.2, 0.25) is 11.8 Å². The number of esters is 1. The first-order valence-electron chi connectivity index (χ1n) is 10.9. The lowest BCUT2D eigenvalue weighted by Crippen LogP contribution is -2.52. The standard InChI is InChI=1S/C26H18Cl2F2N2O4/c1-36-25(35)21-19-20(24(34)32(23(19)33)22-17(27)3-2-4-18(22)28)26(31-21,13-5-9-15(29)10-6-13)14-7-11-16(30)12-8-14/h2-12,19-21,31H,1H3/t19-,20+,21-/m1/s1. The van der Waals surface area contributed by atoms with E-state index in [2.05, 4.69) is 5.32 Å². The highest BCUT2D eigenvalue weighted by Crippen LogP contribution is 2.53. The first kappa shape index (κ1) is 24.4. The van der Waals surface area contributed by atoms with Crippen LogP contribution < -0.4 is 10.2 Å². The van der Waals surface area contributed by atoms with Gasteiger partial charge in [-0.1, -0.05) is 53.5 Å². The molecular formula is C26H18Cl2F2N2O4. The second kappa shape index (κ2) is 8.96. The molecule has 3 aromatic rings. The van der Waals surface area contributed by atoms with Crippen LogP contribution in [0.4, 0.5) is 14.5 Å². The van der Waals surface area contributed by atoms with Crippen LogP contribution >= 0.6 is 23.2 Å². The number of fused-ring (bicyclic) bond motifs is 1. The third-order valence-electron chi connectivity index (χ3n) is 6.78. The summed E-state index contributed by atoms with van der Waals surface area (Å²) >= 11 is 12.7. The number of anilines is 1. The molecule has 2 aliphatic rings. The number of carbonyl (C=O) groups excluding carboxylic acids is 3. The molecule has 2 aliphatic heterocycles. The summed E-state index contributed by atoms with van der Waals surface area (Å²) in [4.78, 5) is 41.7. The highest BCUT2D eigenvalue weighted by Gasteiger charge is 2.68. The topological polar surface area (TPSA) is 75.7 Å². The lowest BCUT2D eigenvalue weighted by atomic mass is 9.71. The van der Waals surface area contributed by atoms with Gasteiger partial charge in [0.05, 0.1) is 40.2 Å². The first-order chi connectivity index (χ1) is 17.2. The second-order valence-electron chi connectivity index (χ2n) is 8.55. The molecule has 0 saturated carbocycles. The van der Waals surface area contributed by atoms with Crippen molar-refractivity contribution in [3.63, 3.8) is 0 Å². The van der Waals surface area contributed by atoms with Gasteiger partial charge in [-0.2, -0.15) is 0 Å². The van der Waals surface area contributed by atoms with E-state index in [1.165, 1.54) is 67.8 Å². The van der Waals surface area contributed by atoms with Gasteiger partial charge in [0, 0.05) is 0 Å². The number of rotatable bonds is 4. The van der Waals surface area contributed by atoms with Crippen molar-refractivity contribution in [2.45, 2.75) is 11.6 Å². The van der Waals surface area contributed by atoms with E-state index < -0.39 is 52.8 Å². The van der Waals surface area contributed by atoms with Crippen molar-refractivity contribution in [3.8, 4) is 0 Å². The lowest BCUT2D eigenvalue weighted by molar-refractivity contribution is -0.145.